The van der Waals surface area contributed by atoms with E-state index in [1.54, 1.807) is 11.3 Å². The number of carbonyl (C=O) groups excluding carboxylic acids is 1. The van der Waals surface area contributed by atoms with Crippen LogP contribution in [0.25, 0.3) is 11.0 Å². The Morgan fingerprint density at radius 2 is 1.88 bits per heavy atom. The number of nitrogens with zero attached hydrogens (tertiary/aromatic N) is 4. The van der Waals surface area contributed by atoms with Gasteiger partial charge in [-0.15, -0.1) is 10.2 Å². The second-order valence-corrected chi connectivity index (χ2v) is 7.10. The van der Waals surface area contributed by atoms with E-state index in [2.05, 4.69) is 15.1 Å². The van der Waals surface area contributed by atoms with Crippen molar-refractivity contribution in [2.24, 2.45) is 0 Å². The van der Waals surface area contributed by atoms with Crippen molar-refractivity contribution in [1.82, 2.24) is 15.1 Å². The number of carbonyl (C=O) groups is 1. The monoisotopic (exact) mass is 342 g/mol. The van der Waals surface area contributed by atoms with E-state index in [-0.39, 0.29) is 5.91 Å². The standard InChI is InChI=1S/C17H18N4O2S/c1-11-13-5-3-4-6-14(13)23-15(11)16(22)20-7-9-21(10-8-20)17-19-18-12(2)24-17/h3-6H,7-10H2,1-2H3. The third-order valence-corrected chi connectivity index (χ3v) is 5.29. The van der Waals surface area contributed by atoms with E-state index in [4.69, 9.17) is 4.42 Å². The molecule has 0 unspecified atom stereocenters. The van der Waals surface area contributed by atoms with Gasteiger partial charge in [-0.25, -0.2) is 0 Å². The van der Waals surface area contributed by atoms with Gasteiger partial charge in [0, 0.05) is 37.1 Å². The van der Waals surface area contributed by atoms with Crippen molar-refractivity contribution >= 4 is 33.3 Å². The van der Waals surface area contributed by atoms with Crippen molar-refractivity contribution in [3.63, 3.8) is 0 Å². The quantitative estimate of drug-likeness (QED) is 0.717. The summed E-state index contributed by atoms with van der Waals surface area (Å²) in [6.45, 7) is 6.74. The minimum Gasteiger partial charge on any atom is -0.451 e. The van der Waals surface area contributed by atoms with E-state index in [1.807, 2.05) is 43.0 Å². The summed E-state index contributed by atoms with van der Waals surface area (Å²) in [7, 11) is 0. The van der Waals surface area contributed by atoms with E-state index >= 15 is 0 Å². The first-order chi connectivity index (χ1) is 11.6. The molecule has 0 saturated carbocycles. The molecule has 0 bridgehead atoms. The number of rotatable bonds is 2. The summed E-state index contributed by atoms with van der Waals surface area (Å²) in [5, 5.41) is 11.1. The zero-order valence-corrected chi connectivity index (χ0v) is 14.5. The first-order valence-electron chi connectivity index (χ1n) is 7.96. The molecule has 2 aromatic heterocycles. The molecule has 7 heteroatoms. The SMILES string of the molecule is Cc1nnc(N2CCN(C(=O)c3oc4ccccc4c3C)CC2)s1. The van der Waals surface area contributed by atoms with Gasteiger partial charge in [-0.1, -0.05) is 29.5 Å². The maximum absolute atomic E-state index is 12.8. The number of benzene rings is 1. The van der Waals surface area contributed by atoms with Gasteiger partial charge in [-0.2, -0.15) is 0 Å². The van der Waals surface area contributed by atoms with Crippen molar-refractivity contribution in [1.29, 1.82) is 0 Å². The van der Waals surface area contributed by atoms with Crippen molar-refractivity contribution in [2.75, 3.05) is 31.1 Å². The Kier molecular flexibility index (Phi) is 3.72. The molecule has 0 radical (unpaired) electrons. The first-order valence-corrected chi connectivity index (χ1v) is 8.77. The number of para-hydroxylation sites is 1. The van der Waals surface area contributed by atoms with Crippen LogP contribution >= 0.6 is 11.3 Å². The Bertz CT molecular complexity index is 893. The van der Waals surface area contributed by atoms with Gasteiger partial charge in [0.25, 0.3) is 5.91 Å². The highest BCUT2D eigenvalue weighted by atomic mass is 32.1. The number of aromatic nitrogens is 2. The average molecular weight is 342 g/mol. The predicted octanol–water partition coefficient (Wildman–Crippen LogP) is 2.86. The van der Waals surface area contributed by atoms with Crippen LogP contribution in [0.3, 0.4) is 0 Å². The largest absolute Gasteiger partial charge is 0.451 e. The second-order valence-electron chi connectivity index (χ2n) is 5.94. The van der Waals surface area contributed by atoms with E-state index in [0.717, 1.165) is 39.8 Å². The summed E-state index contributed by atoms with van der Waals surface area (Å²) in [4.78, 5) is 16.9. The Morgan fingerprint density at radius 1 is 1.12 bits per heavy atom. The number of amides is 1. The van der Waals surface area contributed by atoms with Crippen LogP contribution in [-0.2, 0) is 0 Å². The zero-order chi connectivity index (χ0) is 16.7. The summed E-state index contributed by atoms with van der Waals surface area (Å²) in [6, 6.07) is 7.76. The number of anilines is 1. The summed E-state index contributed by atoms with van der Waals surface area (Å²) in [5.41, 5.74) is 1.68. The minimum absolute atomic E-state index is 0.0307. The maximum atomic E-state index is 12.8. The summed E-state index contributed by atoms with van der Waals surface area (Å²) in [6.07, 6.45) is 0. The molecule has 1 saturated heterocycles. The van der Waals surface area contributed by atoms with Gasteiger partial charge in [0.05, 0.1) is 0 Å². The Balaban J connectivity index is 1.50. The lowest BCUT2D eigenvalue weighted by Gasteiger charge is -2.33. The summed E-state index contributed by atoms with van der Waals surface area (Å²) >= 11 is 1.59. The first kappa shape index (κ1) is 15.1. The lowest BCUT2D eigenvalue weighted by atomic mass is 10.1. The summed E-state index contributed by atoms with van der Waals surface area (Å²) in [5.74, 6) is 0.424. The van der Waals surface area contributed by atoms with Crippen LogP contribution in [0.4, 0.5) is 5.13 Å². The van der Waals surface area contributed by atoms with Crippen LogP contribution in [0.15, 0.2) is 28.7 Å². The molecule has 0 atom stereocenters. The lowest BCUT2D eigenvalue weighted by molar-refractivity contribution is 0.0716. The van der Waals surface area contributed by atoms with Crippen molar-refractivity contribution in [3.8, 4) is 0 Å². The molecule has 3 aromatic rings. The van der Waals surface area contributed by atoms with Crippen LogP contribution < -0.4 is 4.90 Å². The second kappa shape index (κ2) is 5.90. The molecule has 0 spiro atoms. The lowest BCUT2D eigenvalue weighted by Crippen LogP contribution is -2.48. The molecule has 1 fully saturated rings. The van der Waals surface area contributed by atoms with Gasteiger partial charge in [0.1, 0.15) is 10.6 Å². The highest BCUT2D eigenvalue weighted by molar-refractivity contribution is 7.15. The smallest absolute Gasteiger partial charge is 0.290 e. The Morgan fingerprint density at radius 3 is 2.54 bits per heavy atom. The molecule has 1 amide bonds. The van der Waals surface area contributed by atoms with Crippen molar-refractivity contribution in [3.05, 3.63) is 40.6 Å². The van der Waals surface area contributed by atoms with Gasteiger partial charge in [0.2, 0.25) is 5.13 Å². The van der Waals surface area contributed by atoms with Gasteiger partial charge < -0.3 is 14.2 Å². The molecule has 124 valence electrons. The zero-order valence-electron chi connectivity index (χ0n) is 13.7. The molecule has 1 aromatic carbocycles. The van der Waals surface area contributed by atoms with Gasteiger partial charge >= 0.3 is 0 Å². The number of piperazine rings is 1. The molecule has 3 heterocycles. The predicted molar refractivity (Wildman–Crippen MR) is 93.7 cm³/mol. The summed E-state index contributed by atoms with van der Waals surface area (Å²) < 4.78 is 5.80. The van der Waals surface area contributed by atoms with Crippen LogP contribution in [0.1, 0.15) is 21.1 Å². The number of hydrogen-bond acceptors (Lipinski definition) is 6. The molecule has 1 aliphatic heterocycles. The number of aryl methyl sites for hydroxylation is 2. The van der Waals surface area contributed by atoms with Crippen molar-refractivity contribution < 1.29 is 9.21 Å². The minimum atomic E-state index is -0.0307. The molecule has 0 aliphatic carbocycles. The molecule has 1 aliphatic rings. The van der Waals surface area contributed by atoms with E-state index < -0.39 is 0 Å². The normalized spacial score (nSPS) is 15.2. The highest BCUT2D eigenvalue weighted by Gasteiger charge is 2.27. The third-order valence-electron chi connectivity index (χ3n) is 4.39. The van der Waals surface area contributed by atoms with Crippen molar-refractivity contribution in [2.45, 2.75) is 13.8 Å². The Hall–Kier alpha value is -2.41. The fourth-order valence-electron chi connectivity index (χ4n) is 3.04. The Labute approximate surface area is 143 Å². The van der Waals surface area contributed by atoms with Crippen LogP contribution in [0.5, 0.6) is 0 Å². The third kappa shape index (κ3) is 2.54. The molecule has 4 rings (SSSR count). The number of furan rings is 1. The van der Waals surface area contributed by atoms with Gasteiger partial charge in [0.15, 0.2) is 5.76 Å². The fourth-order valence-corrected chi connectivity index (χ4v) is 3.78. The van der Waals surface area contributed by atoms with E-state index in [9.17, 15) is 4.79 Å². The van der Waals surface area contributed by atoms with Crippen LogP contribution in [0.2, 0.25) is 0 Å². The molecular weight excluding hydrogens is 324 g/mol. The molecule has 6 nitrogen and oxygen atoms in total. The average Bonchev–Trinajstić information content (AvgIpc) is 3.19. The molecule has 24 heavy (non-hydrogen) atoms. The van der Waals surface area contributed by atoms with Gasteiger partial charge in [-0.05, 0) is 19.9 Å². The number of fused-ring (bicyclic) bond motifs is 1. The van der Waals surface area contributed by atoms with E-state index in [1.165, 1.54) is 0 Å². The number of hydrogen-bond donors (Lipinski definition) is 0. The molecule has 0 N–H and O–H groups in total. The maximum Gasteiger partial charge on any atom is 0.290 e. The fraction of sp³-hybridized carbons (Fsp3) is 0.353. The van der Waals surface area contributed by atoms with Gasteiger partial charge in [-0.3, -0.25) is 4.79 Å². The topological polar surface area (TPSA) is 62.5 Å². The van der Waals surface area contributed by atoms with Crippen LogP contribution in [0, 0.1) is 13.8 Å². The van der Waals surface area contributed by atoms with E-state index in [0.29, 0.717) is 18.8 Å². The molecular formula is C17H18N4O2S. The highest BCUT2D eigenvalue weighted by Crippen LogP contribution is 2.27. The van der Waals surface area contributed by atoms with Crippen LogP contribution in [-0.4, -0.2) is 47.2 Å².